The van der Waals surface area contributed by atoms with Crippen LogP contribution in [0.1, 0.15) is 29.3 Å². The molecule has 0 bridgehead atoms. The summed E-state index contributed by atoms with van der Waals surface area (Å²) in [5, 5.41) is 20.1. The molecular weight excluding hydrogens is 306 g/mol. The molecule has 2 aromatic carbocycles. The number of aromatic nitrogens is 2. The molecule has 6 nitrogen and oxygen atoms in total. The Morgan fingerprint density at radius 2 is 1.83 bits per heavy atom. The van der Waals surface area contributed by atoms with Crippen molar-refractivity contribution in [1.82, 2.24) is 5.27 Å². The third kappa shape index (κ3) is 2.52. The van der Waals surface area contributed by atoms with Crippen molar-refractivity contribution in [1.29, 1.82) is 0 Å². The number of benzene rings is 2. The molecule has 0 fully saturated rings. The van der Waals surface area contributed by atoms with Crippen molar-refractivity contribution in [3.8, 4) is 11.6 Å². The van der Waals surface area contributed by atoms with E-state index in [2.05, 4.69) is 10.4 Å². The van der Waals surface area contributed by atoms with E-state index in [9.17, 15) is 5.11 Å². The van der Waals surface area contributed by atoms with Crippen molar-refractivity contribution < 1.29 is 19.1 Å². The summed E-state index contributed by atoms with van der Waals surface area (Å²) in [6, 6.07) is 17.4. The predicted octanol–water partition coefficient (Wildman–Crippen LogP) is 2.20. The van der Waals surface area contributed by atoms with Gasteiger partial charge in [-0.2, -0.15) is 0 Å². The van der Waals surface area contributed by atoms with Crippen LogP contribution in [0.15, 0.2) is 64.3 Å². The topological polar surface area (TPSA) is 74.6 Å². The number of hydrogen-bond acceptors (Lipinski definition) is 5. The number of rotatable bonds is 3. The first kappa shape index (κ1) is 14.4. The van der Waals surface area contributed by atoms with Crippen LogP contribution >= 0.6 is 0 Å². The van der Waals surface area contributed by atoms with E-state index in [4.69, 9.17) is 9.36 Å². The molecule has 2 heterocycles. The summed E-state index contributed by atoms with van der Waals surface area (Å²) < 4.78 is 6.32. The Morgan fingerprint density at radius 3 is 2.58 bits per heavy atom. The highest BCUT2D eigenvalue weighted by Gasteiger charge is 2.33. The van der Waals surface area contributed by atoms with Gasteiger partial charge in [-0.1, -0.05) is 53.2 Å². The highest BCUT2D eigenvalue weighted by atomic mass is 16.6. The summed E-state index contributed by atoms with van der Waals surface area (Å²) in [7, 11) is 0. The normalized spacial score (nSPS) is 16.7. The van der Waals surface area contributed by atoms with Gasteiger partial charge in [0.2, 0.25) is 5.69 Å². The van der Waals surface area contributed by atoms with Crippen molar-refractivity contribution in [2.45, 2.75) is 19.4 Å². The minimum Gasteiger partial charge on any atom is -0.539 e. The first-order valence-corrected chi connectivity index (χ1v) is 7.66. The first-order valence-electron chi connectivity index (χ1n) is 7.66. The third-order valence-corrected chi connectivity index (χ3v) is 4.00. The second-order valence-electron chi connectivity index (χ2n) is 5.70. The standard InChI is InChI=1S/C18H15N3O3/c1-12-7-9-14(10-8-12)21-17(18(22)24-20-21)15-11-16(23-19-15)13-5-3-2-4-6-13/h2-10,16H,11H2,1H3. The molecule has 0 spiro atoms. The molecule has 1 atom stereocenters. The Labute approximate surface area is 138 Å². The molecule has 1 aromatic heterocycles. The van der Waals surface area contributed by atoms with Gasteiger partial charge in [0, 0.05) is 18.6 Å². The Bertz CT molecular complexity index is 886. The molecule has 0 N–H and O–H groups in total. The maximum atomic E-state index is 12.1. The van der Waals surface area contributed by atoms with Crippen LogP contribution in [0, 0.1) is 6.92 Å². The summed E-state index contributed by atoms with van der Waals surface area (Å²) in [6.45, 7) is 2.00. The van der Waals surface area contributed by atoms with Gasteiger partial charge in [0.15, 0.2) is 17.8 Å². The Morgan fingerprint density at radius 1 is 1.08 bits per heavy atom. The molecule has 3 aromatic rings. The van der Waals surface area contributed by atoms with Crippen LogP contribution in [0.5, 0.6) is 5.95 Å². The lowest BCUT2D eigenvalue weighted by Crippen LogP contribution is -2.39. The van der Waals surface area contributed by atoms with Crippen molar-refractivity contribution >= 4 is 5.71 Å². The molecule has 1 aliphatic heterocycles. The summed E-state index contributed by atoms with van der Waals surface area (Å²) >= 11 is 0. The zero-order chi connectivity index (χ0) is 16.5. The minimum absolute atomic E-state index is 0.207. The van der Waals surface area contributed by atoms with Gasteiger partial charge in [-0.3, -0.25) is 0 Å². The van der Waals surface area contributed by atoms with Crippen molar-refractivity contribution in [3.05, 3.63) is 71.4 Å². The average molecular weight is 321 g/mol. The van der Waals surface area contributed by atoms with Crippen LogP contribution in [-0.2, 0) is 4.84 Å². The lowest BCUT2D eigenvalue weighted by atomic mass is 10.0. The van der Waals surface area contributed by atoms with Gasteiger partial charge >= 0.3 is 0 Å². The molecular formula is C18H15N3O3. The lowest BCUT2D eigenvalue weighted by molar-refractivity contribution is -0.671. The van der Waals surface area contributed by atoms with E-state index in [1.807, 2.05) is 61.5 Å². The monoisotopic (exact) mass is 321 g/mol. The van der Waals surface area contributed by atoms with Gasteiger partial charge in [0.05, 0.1) is 5.27 Å². The zero-order valence-electron chi connectivity index (χ0n) is 13.0. The zero-order valence-corrected chi connectivity index (χ0v) is 13.0. The van der Waals surface area contributed by atoms with Gasteiger partial charge in [-0.15, -0.1) is 0 Å². The average Bonchev–Trinajstić information content (AvgIpc) is 3.23. The van der Waals surface area contributed by atoms with E-state index in [0.29, 0.717) is 17.8 Å². The van der Waals surface area contributed by atoms with Crippen LogP contribution in [-0.4, -0.2) is 11.0 Å². The second-order valence-corrected chi connectivity index (χ2v) is 5.70. The van der Waals surface area contributed by atoms with Crippen LogP contribution in [0.2, 0.25) is 0 Å². The maximum absolute atomic E-state index is 12.1. The molecule has 0 saturated carbocycles. The Hall–Kier alpha value is -3.15. The summed E-state index contributed by atoms with van der Waals surface area (Å²) in [5.41, 5.74) is 3.72. The van der Waals surface area contributed by atoms with Crippen molar-refractivity contribution in [2.24, 2.45) is 5.16 Å². The minimum atomic E-state index is -0.522. The Kier molecular flexibility index (Phi) is 3.49. The quantitative estimate of drug-likeness (QED) is 0.693. The molecule has 6 heteroatoms. The molecule has 0 aliphatic carbocycles. The number of nitrogens with zero attached hydrogens (tertiary/aromatic N) is 3. The third-order valence-electron chi connectivity index (χ3n) is 4.00. The van der Waals surface area contributed by atoms with E-state index in [0.717, 1.165) is 16.8 Å². The van der Waals surface area contributed by atoms with E-state index in [1.54, 1.807) is 0 Å². The van der Waals surface area contributed by atoms with Crippen LogP contribution in [0.3, 0.4) is 0 Å². The Balaban J connectivity index is 1.66. The summed E-state index contributed by atoms with van der Waals surface area (Å²) in [6.07, 6.45) is 0.286. The first-order chi connectivity index (χ1) is 11.7. The second kappa shape index (κ2) is 5.81. The fourth-order valence-electron chi connectivity index (χ4n) is 2.71. The van der Waals surface area contributed by atoms with E-state index >= 15 is 0 Å². The van der Waals surface area contributed by atoms with Crippen molar-refractivity contribution in [3.63, 3.8) is 0 Å². The summed E-state index contributed by atoms with van der Waals surface area (Å²) in [5.74, 6) is -0.522. The van der Waals surface area contributed by atoms with E-state index < -0.39 is 5.95 Å². The molecule has 1 aliphatic rings. The van der Waals surface area contributed by atoms with Gasteiger partial charge in [0.1, 0.15) is 0 Å². The highest BCUT2D eigenvalue weighted by molar-refractivity contribution is 5.99. The fourth-order valence-corrected chi connectivity index (χ4v) is 2.71. The van der Waals surface area contributed by atoms with Crippen LogP contribution in [0.4, 0.5) is 0 Å². The van der Waals surface area contributed by atoms with Gasteiger partial charge in [-0.05, 0) is 17.2 Å². The van der Waals surface area contributed by atoms with Gasteiger partial charge < -0.3 is 14.5 Å². The predicted molar refractivity (Wildman–Crippen MR) is 83.6 cm³/mol. The smallest absolute Gasteiger partial charge is 0.288 e. The van der Waals surface area contributed by atoms with Crippen LogP contribution < -0.4 is 9.79 Å². The molecule has 120 valence electrons. The molecule has 0 amide bonds. The number of hydrogen-bond donors (Lipinski definition) is 0. The van der Waals surface area contributed by atoms with Gasteiger partial charge in [-0.25, -0.2) is 0 Å². The highest BCUT2D eigenvalue weighted by Crippen LogP contribution is 2.30. The molecule has 1 unspecified atom stereocenters. The SMILES string of the molecule is Cc1ccc(-[n+]2noc([O-])c2C2=NOC(c3ccccc3)C2)cc1. The number of oxime groups is 1. The summed E-state index contributed by atoms with van der Waals surface area (Å²) in [4.78, 5) is 5.51. The van der Waals surface area contributed by atoms with Gasteiger partial charge in [0.25, 0.3) is 5.69 Å². The largest absolute Gasteiger partial charge is 0.539 e. The van der Waals surface area contributed by atoms with Crippen molar-refractivity contribution in [2.75, 3.05) is 0 Å². The number of aryl methyl sites for hydroxylation is 1. The van der Waals surface area contributed by atoms with E-state index in [1.165, 1.54) is 4.68 Å². The fraction of sp³-hybridized carbons (Fsp3) is 0.167. The molecule has 24 heavy (non-hydrogen) atoms. The van der Waals surface area contributed by atoms with Crippen LogP contribution in [0.25, 0.3) is 5.69 Å². The van der Waals surface area contributed by atoms with E-state index in [-0.39, 0.29) is 6.10 Å². The molecule has 4 rings (SSSR count). The molecule has 0 saturated heterocycles. The molecule has 0 radical (unpaired) electrons. The lowest BCUT2D eigenvalue weighted by Gasteiger charge is -2.06. The maximum Gasteiger partial charge on any atom is 0.288 e.